The van der Waals surface area contributed by atoms with Gasteiger partial charge in [0.1, 0.15) is 5.69 Å². The Morgan fingerprint density at radius 3 is 2.84 bits per heavy atom. The molecule has 126 valence electrons. The molecular weight excluding hydrogens is 314 g/mol. The van der Waals surface area contributed by atoms with E-state index in [9.17, 15) is 4.79 Å². The van der Waals surface area contributed by atoms with Gasteiger partial charge >= 0.3 is 0 Å². The van der Waals surface area contributed by atoms with Gasteiger partial charge in [-0.1, -0.05) is 41.6 Å². The lowest BCUT2D eigenvalue weighted by atomic mass is 10.2. The Kier molecular flexibility index (Phi) is 4.24. The van der Waals surface area contributed by atoms with Gasteiger partial charge in [0.05, 0.1) is 18.7 Å². The minimum absolute atomic E-state index is 0.138. The molecule has 1 atom stereocenters. The Morgan fingerprint density at radius 2 is 2.04 bits per heavy atom. The van der Waals surface area contributed by atoms with Crippen LogP contribution in [0.4, 0.5) is 0 Å². The Morgan fingerprint density at radius 1 is 1.16 bits per heavy atom. The normalized spacial score (nSPS) is 17.0. The summed E-state index contributed by atoms with van der Waals surface area (Å²) in [5.41, 5.74) is 2.86. The third-order valence-corrected chi connectivity index (χ3v) is 4.55. The van der Waals surface area contributed by atoms with Crippen molar-refractivity contribution in [1.82, 2.24) is 24.9 Å². The number of nitrogens with zero attached hydrogens (tertiary/aromatic N) is 5. The molecule has 3 heterocycles. The number of likely N-dealkylation sites (tertiary alicyclic amines) is 1. The highest BCUT2D eigenvalue weighted by Gasteiger charge is 2.28. The van der Waals surface area contributed by atoms with Crippen LogP contribution in [0.3, 0.4) is 0 Å². The zero-order valence-corrected chi connectivity index (χ0v) is 13.8. The van der Waals surface area contributed by atoms with Crippen LogP contribution < -0.4 is 0 Å². The average Bonchev–Trinajstić information content (AvgIpc) is 3.33. The number of hydrogen-bond acceptors (Lipinski definition) is 4. The molecule has 1 amide bonds. The molecule has 1 aliphatic heterocycles. The predicted octanol–water partition coefficient (Wildman–Crippen LogP) is 2.36. The number of aromatic nitrogens is 4. The first kappa shape index (κ1) is 15.5. The summed E-state index contributed by atoms with van der Waals surface area (Å²) in [5.74, 6) is 0.138. The molecule has 1 fully saturated rings. The number of carbonyl (C=O) groups excluding carboxylic acids is 1. The van der Waals surface area contributed by atoms with E-state index in [1.54, 1.807) is 12.4 Å². The number of rotatable bonds is 4. The van der Waals surface area contributed by atoms with Gasteiger partial charge in [-0.05, 0) is 18.1 Å². The molecule has 1 aliphatic rings. The fourth-order valence-corrected chi connectivity index (χ4v) is 3.17. The highest BCUT2D eigenvalue weighted by Crippen LogP contribution is 2.24. The molecule has 3 aromatic rings. The van der Waals surface area contributed by atoms with Crippen molar-refractivity contribution >= 4 is 5.91 Å². The second-order valence-corrected chi connectivity index (χ2v) is 6.27. The summed E-state index contributed by atoms with van der Waals surface area (Å²) in [6.45, 7) is 1.43. The summed E-state index contributed by atoms with van der Waals surface area (Å²) < 4.78 is 1.89. The number of hydrogen-bond donors (Lipinski definition) is 0. The summed E-state index contributed by atoms with van der Waals surface area (Å²) in [6, 6.07) is 14.0. The molecule has 25 heavy (non-hydrogen) atoms. The van der Waals surface area contributed by atoms with E-state index in [0.29, 0.717) is 13.0 Å². The maximum Gasteiger partial charge on any atom is 0.227 e. The Bertz CT molecular complexity index is 847. The molecule has 6 heteroatoms. The van der Waals surface area contributed by atoms with E-state index in [4.69, 9.17) is 0 Å². The second kappa shape index (κ2) is 6.84. The smallest absolute Gasteiger partial charge is 0.227 e. The predicted molar refractivity (Wildman–Crippen MR) is 93.6 cm³/mol. The topological polar surface area (TPSA) is 63.9 Å². The summed E-state index contributed by atoms with van der Waals surface area (Å²) in [4.78, 5) is 18.4. The lowest BCUT2D eigenvalue weighted by Gasteiger charge is -2.16. The molecule has 0 saturated carbocycles. The van der Waals surface area contributed by atoms with E-state index in [1.807, 2.05) is 58.2 Å². The van der Waals surface area contributed by atoms with Gasteiger partial charge in [-0.25, -0.2) is 4.68 Å². The van der Waals surface area contributed by atoms with Crippen LogP contribution in [0.15, 0.2) is 61.1 Å². The average molecular weight is 333 g/mol. The molecule has 0 aliphatic carbocycles. The molecule has 0 spiro atoms. The Hall–Kier alpha value is -3.02. The van der Waals surface area contributed by atoms with E-state index in [0.717, 1.165) is 29.8 Å². The molecule has 0 bridgehead atoms. The van der Waals surface area contributed by atoms with Gasteiger partial charge in [0.2, 0.25) is 5.91 Å². The molecule has 0 radical (unpaired) electrons. The lowest BCUT2D eigenvalue weighted by Crippen LogP contribution is -2.30. The monoisotopic (exact) mass is 333 g/mol. The third-order valence-electron chi connectivity index (χ3n) is 4.55. The number of pyridine rings is 1. The highest BCUT2D eigenvalue weighted by molar-refractivity contribution is 5.79. The zero-order chi connectivity index (χ0) is 17.1. The van der Waals surface area contributed by atoms with Crippen LogP contribution in [0.5, 0.6) is 0 Å². The van der Waals surface area contributed by atoms with Crippen LogP contribution in [0.25, 0.3) is 11.3 Å². The Balaban J connectivity index is 1.41. The molecule has 1 aromatic carbocycles. The minimum Gasteiger partial charge on any atom is -0.340 e. The van der Waals surface area contributed by atoms with Gasteiger partial charge in [-0.15, -0.1) is 5.10 Å². The maximum atomic E-state index is 12.5. The standard InChI is InChI=1S/C19H19N5O/c25-19(11-15-5-4-9-20-12-15)23-10-8-17(13-23)24-14-18(21-22-24)16-6-2-1-3-7-16/h1-7,9,12,14,17H,8,10-11,13H2/t17-/m0/s1. The highest BCUT2D eigenvalue weighted by atomic mass is 16.2. The van der Waals surface area contributed by atoms with E-state index in [1.165, 1.54) is 0 Å². The zero-order valence-electron chi connectivity index (χ0n) is 13.8. The van der Waals surface area contributed by atoms with Crippen LogP contribution in [-0.4, -0.2) is 43.9 Å². The number of amides is 1. The second-order valence-electron chi connectivity index (χ2n) is 6.27. The fourth-order valence-electron chi connectivity index (χ4n) is 3.17. The van der Waals surface area contributed by atoms with Crippen molar-refractivity contribution in [3.05, 3.63) is 66.6 Å². The van der Waals surface area contributed by atoms with E-state index in [-0.39, 0.29) is 11.9 Å². The fraction of sp³-hybridized carbons (Fsp3) is 0.263. The van der Waals surface area contributed by atoms with Gasteiger partial charge in [-0.3, -0.25) is 9.78 Å². The summed E-state index contributed by atoms with van der Waals surface area (Å²) in [5, 5.41) is 8.54. The van der Waals surface area contributed by atoms with Crippen LogP contribution in [0.1, 0.15) is 18.0 Å². The number of carbonyl (C=O) groups is 1. The molecule has 0 unspecified atom stereocenters. The lowest BCUT2D eigenvalue weighted by molar-refractivity contribution is -0.129. The van der Waals surface area contributed by atoms with Crippen LogP contribution >= 0.6 is 0 Å². The maximum absolute atomic E-state index is 12.5. The van der Waals surface area contributed by atoms with Gasteiger partial charge in [0.15, 0.2) is 0 Å². The van der Waals surface area contributed by atoms with Crippen molar-refractivity contribution in [1.29, 1.82) is 0 Å². The molecule has 2 aromatic heterocycles. The van der Waals surface area contributed by atoms with Crippen molar-refractivity contribution in [2.24, 2.45) is 0 Å². The summed E-state index contributed by atoms with van der Waals surface area (Å²) in [6.07, 6.45) is 6.72. The SMILES string of the molecule is O=C(Cc1cccnc1)N1CC[C@H](n2cc(-c3ccccc3)nn2)C1. The minimum atomic E-state index is 0.138. The quantitative estimate of drug-likeness (QED) is 0.735. The summed E-state index contributed by atoms with van der Waals surface area (Å²) >= 11 is 0. The van der Waals surface area contributed by atoms with Crippen molar-refractivity contribution in [3.63, 3.8) is 0 Å². The largest absolute Gasteiger partial charge is 0.340 e. The van der Waals surface area contributed by atoms with Crippen molar-refractivity contribution in [2.45, 2.75) is 18.9 Å². The van der Waals surface area contributed by atoms with Gasteiger partial charge < -0.3 is 4.90 Å². The van der Waals surface area contributed by atoms with E-state index >= 15 is 0 Å². The van der Waals surface area contributed by atoms with Crippen molar-refractivity contribution in [2.75, 3.05) is 13.1 Å². The number of benzene rings is 1. The van der Waals surface area contributed by atoms with Gasteiger partial charge in [0, 0.05) is 31.0 Å². The third kappa shape index (κ3) is 3.42. The first-order valence-electron chi connectivity index (χ1n) is 8.43. The van der Waals surface area contributed by atoms with Crippen LogP contribution in [0, 0.1) is 0 Å². The first-order valence-corrected chi connectivity index (χ1v) is 8.43. The van der Waals surface area contributed by atoms with Crippen LogP contribution in [-0.2, 0) is 11.2 Å². The molecule has 1 saturated heterocycles. The van der Waals surface area contributed by atoms with Crippen molar-refractivity contribution < 1.29 is 4.79 Å². The van der Waals surface area contributed by atoms with Crippen molar-refractivity contribution in [3.8, 4) is 11.3 Å². The van der Waals surface area contributed by atoms with Gasteiger partial charge in [-0.2, -0.15) is 0 Å². The molecule has 0 N–H and O–H groups in total. The first-order chi connectivity index (χ1) is 12.3. The molecule has 4 rings (SSSR count). The summed E-state index contributed by atoms with van der Waals surface area (Å²) in [7, 11) is 0. The Labute approximate surface area is 146 Å². The van der Waals surface area contributed by atoms with E-state index < -0.39 is 0 Å². The van der Waals surface area contributed by atoms with Gasteiger partial charge in [0.25, 0.3) is 0 Å². The molecular formula is C19H19N5O. The van der Waals surface area contributed by atoms with Crippen LogP contribution in [0.2, 0.25) is 0 Å². The van der Waals surface area contributed by atoms with E-state index in [2.05, 4.69) is 15.3 Å². The molecule has 6 nitrogen and oxygen atoms in total.